The topological polar surface area (TPSA) is 92.4 Å². The normalized spacial score (nSPS) is 25.3. The Morgan fingerprint density at radius 2 is 2.13 bits per heavy atom. The Bertz CT molecular complexity index is 1080. The Morgan fingerprint density at radius 1 is 1.26 bits per heavy atom. The van der Waals surface area contributed by atoms with Crippen LogP contribution in [0.15, 0.2) is 33.9 Å². The van der Waals surface area contributed by atoms with Crippen molar-refractivity contribution in [3.63, 3.8) is 0 Å². The lowest BCUT2D eigenvalue weighted by Gasteiger charge is -2.39. The van der Waals surface area contributed by atoms with Crippen LogP contribution in [0, 0.1) is 5.92 Å². The van der Waals surface area contributed by atoms with Crippen molar-refractivity contribution in [3.8, 4) is 0 Å². The molecule has 0 radical (unpaired) electrons. The molecule has 3 unspecified atom stereocenters. The average Bonchev–Trinajstić information content (AvgIpc) is 3.15. The maximum Gasteiger partial charge on any atom is 0.416 e. The minimum Gasteiger partial charge on any atom is -0.428 e. The first-order valence-corrected chi connectivity index (χ1v) is 10.2. The van der Waals surface area contributed by atoms with E-state index in [9.17, 15) is 18.0 Å². The molecule has 10 heteroatoms. The summed E-state index contributed by atoms with van der Waals surface area (Å²) in [5, 5.41) is 6.13. The number of hydrogen-bond acceptors (Lipinski definition) is 7. The number of oxazole rings is 1. The third-order valence-electron chi connectivity index (χ3n) is 5.92. The molecule has 2 aromatic heterocycles. The number of pyridine rings is 1. The number of allylic oxidation sites excluding steroid dienone is 1. The predicted octanol–water partition coefficient (Wildman–Crippen LogP) is 3.90. The molecule has 162 valence electrons. The molecule has 5 rings (SSSR count). The highest BCUT2D eigenvalue weighted by Crippen LogP contribution is 2.42. The molecule has 0 aromatic carbocycles. The summed E-state index contributed by atoms with van der Waals surface area (Å²) in [7, 11) is 0. The van der Waals surface area contributed by atoms with Gasteiger partial charge < -0.3 is 9.73 Å². The second-order valence-electron chi connectivity index (χ2n) is 7.91. The highest BCUT2D eigenvalue weighted by molar-refractivity contribution is 5.95. The molecule has 0 bridgehead atoms. The molecule has 1 aliphatic heterocycles. The summed E-state index contributed by atoms with van der Waals surface area (Å²) in [5.74, 6) is 0.200. The molecule has 0 amide bonds. The molecule has 3 heterocycles. The standard InChI is InChI=1S/C21H20F3N5O2/c22-21(23,24)12-8-9-25-10-11(12)18-17-14(5-3-6-15(17)30)26-19(28-18)29-20-27-13-4-1-2-7-16(13)31-20/h1,4,8-10,14,17-18H,2-3,5-7H2,(H2,26,27,28,29). The van der Waals surface area contributed by atoms with Gasteiger partial charge in [0.15, 0.2) is 5.96 Å². The monoisotopic (exact) mass is 431 g/mol. The number of nitrogens with zero attached hydrogens (tertiary/aromatic N) is 3. The zero-order chi connectivity index (χ0) is 21.6. The van der Waals surface area contributed by atoms with Crippen molar-refractivity contribution in [2.24, 2.45) is 10.9 Å². The first-order valence-electron chi connectivity index (χ1n) is 10.2. The minimum atomic E-state index is -4.58. The van der Waals surface area contributed by atoms with Crippen LogP contribution in [-0.2, 0) is 17.4 Å². The number of fused-ring (bicyclic) bond motifs is 2. The van der Waals surface area contributed by atoms with Crippen LogP contribution in [0.4, 0.5) is 19.2 Å². The number of anilines is 1. The van der Waals surface area contributed by atoms with Gasteiger partial charge >= 0.3 is 12.2 Å². The van der Waals surface area contributed by atoms with E-state index in [0.29, 0.717) is 19.3 Å². The first-order chi connectivity index (χ1) is 14.9. The molecule has 0 spiro atoms. The lowest BCUT2D eigenvalue weighted by atomic mass is 9.75. The summed E-state index contributed by atoms with van der Waals surface area (Å²) in [4.78, 5) is 25.4. The van der Waals surface area contributed by atoms with E-state index in [1.165, 1.54) is 0 Å². The van der Waals surface area contributed by atoms with Gasteiger partial charge in [0, 0.05) is 36.8 Å². The van der Waals surface area contributed by atoms with Crippen LogP contribution in [0.25, 0.3) is 6.08 Å². The van der Waals surface area contributed by atoms with Crippen LogP contribution in [0.1, 0.15) is 54.3 Å². The van der Waals surface area contributed by atoms with Crippen LogP contribution < -0.4 is 10.6 Å². The van der Waals surface area contributed by atoms with Gasteiger partial charge in [0.2, 0.25) is 0 Å². The number of aromatic nitrogens is 2. The molecule has 0 saturated heterocycles. The van der Waals surface area contributed by atoms with Crippen molar-refractivity contribution in [1.82, 2.24) is 15.3 Å². The maximum absolute atomic E-state index is 13.7. The number of ketones is 1. The average molecular weight is 431 g/mol. The van der Waals surface area contributed by atoms with Crippen molar-refractivity contribution in [2.75, 3.05) is 5.32 Å². The minimum absolute atomic E-state index is 0.0924. The molecule has 1 saturated carbocycles. The van der Waals surface area contributed by atoms with Gasteiger partial charge in [-0.3, -0.25) is 15.1 Å². The lowest BCUT2D eigenvalue weighted by Crippen LogP contribution is -2.53. The number of carbonyl (C=O) groups is 1. The van der Waals surface area contributed by atoms with Gasteiger partial charge in [-0.15, -0.1) is 0 Å². The Kier molecular flexibility index (Phi) is 4.79. The van der Waals surface area contributed by atoms with Crippen molar-refractivity contribution < 1.29 is 22.4 Å². The van der Waals surface area contributed by atoms with Crippen LogP contribution >= 0.6 is 0 Å². The fourth-order valence-corrected chi connectivity index (χ4v) is 4.53. The van der Waals surface area contributed by atoms with E-state index in [-0.39, 0.29) is 29.4 Å². The fourth-order valence-electron chi connectivity index (χ4n) is 4.53. The lowest BCUT2D eigenvalue weighted by molar-refractivity contribution is -0.139. The molecular formula is C21H20F3N5O2. The van der Waals surface area contributed by atoms with E-state index in [4.69, 9.17) is 4.42 Å². The molecule has 31 heavy (non-hydrogen) atoms. The SMILES string of the molecule is O=C1CCCC2NC(Nc3nc4c(o3)CCC=C4)=NC(c3cnccc3C(F)(F)F)C12. The number of alkyl halides is 3. The Hall–Kier alpha value is -3.17. The summed E-state index contributed by atoms with van der Waals surface area (Å²) in [6.07, 6.45) is 4.79. The molecule has 2 aliphatic carbocycles. The summed E-state index contributed by atoms with van der Waals surface area (Å²) >= 11 is 0. The third kappa shape index (κ3) is 3.70. The first kappa shape index (κ1) is 19.8. The van der Waals surface area contributed by atoms with Crippen LogP contribution in [0.5, 0.6) is 0 Å². The maximum atomic E-state index is 13.7. The number of rotatable bonds is 2. The van der Waals surface area contributed by atoms with E-state index < -0.39 is 23.7 Å². The van der Waals surface area contributed by atoms with E-state index in [1.54, 1.807) is 0 Å². The van der Waals surface area contributed by atoms with Gasteiger partial charge in [0.1, 0.15) is 17.2 Å². The fraction of sp³-hybridized carbons (Fsp3) is 0.429. The van der Waals surface area contributed by atoms with E-state index >= 15 is 0 Å². The molecule has 1 fully saturated rings. The van der Waals surface area contributed by atoms with Gasteiger partial charge in [-0.1, -0.05) is 6.08 Å². The van der Waals surface area contributed by atoms with Crippen LogP contribution in [0.2, 0.25) is 0 Å². The quantitative estimate of drug-likeness (QED) is 0.749. The number of nitrogens with one attached hydrogen (secondary N) is 2. The summed E-state index contributed by atoms with van der Waals surface area (Å²) in [6.45, 7) is 0. The van der Waals surface area contributed by atoms with Crippen LogP contribution in [-0.4, -0.2) is 27.8 Å². The highest BCUT2D eigenvalue weighted by Gasteiger charge is 2.45. The number of carbonyl (C=O) groups excluding carboxylic acids is 1. The van der Waals surface area contributed by atoms with Crippen LogP contribution in [0.3, 0.4) is 0 Å². The van der Waals surface area contributed by atoms with Crippen molar-refractivity contribution in [2.45, 2.75) is 50.4 Å². The summed E-state index contributed by atoms with van der Waals surface area (Å²) in [6, 6.07) is -0.200. The zero-order valence-electron chi connectivity index (χ0n) is 16.4. The van der Waals surface area contributed by atoms with Crippen molar-refractivity contribution in [1.29, 1.82) is 0 Å². The second kappa shape index (κ2) is 7.51. The molecule has 7 nitrogen and oxygen atoms in total. The number of guanidine groups is 1. The molecule has 3 atom stereocenters. The number of hydrogen-bond donors (Lipinski definition) is 2. The van der Waals surface area contributed by atoms with Crippen molar-refractivity contribution in [3.05, 3.63) is 47.1 Å². The number of aryl methyl sites for hydroxylation is 1. The number of aliphatic imine (C=N–C) groups is 1. The van der Waals surface area contributed by atoms with E-state index in [1.807, 2.05) is 12.2 Å². The predicted molar refractivity (Wildman–Crippen MR) is 106 cm³/mol. The van der Waals surface area contributed by atoms with Gasteiger partial charge in [0.05, 0.1) is 17.5 Å². The van der Waals surface area contributed by atoms with Gasteiger partial charge in [0.25, 0.3) is 0 Å². The Morgan fingerprint density at radius 3 is 2.94 bits per heavy atom. The second-order valence-corrected chi connectivity index (χ2v) is 7.91. The zero-order valence-corrected chi connectivity index (χ0v) is 16.4. The van der Waals surface area contributed by atoms with Gasteiger partial charge in [-0.25, -0.2) is 4.99 Å². The smallest absolute Gasteiger partial charge is 0.416 e. The molecule has 3 aliphatic rings. The van der Waals surface area contributed by atoms with Gasteiger partial charge in [-0.2, -0.15) is 18.2 Å². The molecule has 2 N–H and O–H groups in total. The highest BCUT2D eigenvalue weighted by atomic mass is 19.4. The number of halogens is 3. The summed E-state index contributed by atoms with van der Waals surface area (Å²) < 4.78 is 46.8. The Balaban J connectivity index is 1.54. The van der Waals surface area contributed by atoms with E-state index in [2.05, 4.69) is 25.6 Å². The summed E-state index contributed by atoms with van der Waals surface area (Å²) in [5.41, 5.74) is -0.207. The van der Waals surface area contributed by atoms with E-state index in [0.717, 1.165) is 42.8 Å². The molecular weight excluding hydrogens is 411 g/mol. The van der Waals surface area contributed by atoms with Crippen molar-refractivity contribution >= 4 is 23.8 Å². The largest absolute Gasteiger partial charge is 0.428 e. The number of Topliss-reactive ketones (excluding diaryl/α,β-unsaturated/α-hetero) is 1. The van der Waals surface area contributed by atoms with Gasteiger partial charge in [-0.05, 0) is 31.4 Å². The molecule has 2 aromatic rings. The third-order valence-corrected chi connectivity index (χ3v) is 5.92. The Labute approximate surface area is 175 Å².